The topological polar surface area (TPSA) is 75.1 Å². The van der Waals surface area contributed by atoms with E-state index in [9.17, 15) is 4.79 Å². The van der Waals surface area contributed by atoms with Crippen LogP contribution in [0.2, 0.25) is 0 Å². The van der Waals surface area contributed by atoms with Gasteiger partial charge in [0.25, 0.3) is 0 Å². The molecule has 1 aliphatic heterocycles. The number of Topliss-reactive ketones (excluding diaryl/α,β-unsaturated/α-hetero) is 1. The SMILES string of the molecule is Cc1nnc(-c2cc3cc(CC(=O)CN4CCN(C)CC4)ncc3cn2)s1. The molecule has 0 amide bonds. The van der Waals surface area contributed by atoms with Crippen LogP contribution in [0.15, 0.2) is 24.5 Å². The predicted octanol–water partition coefficient (Wildman–Crippen LogP) is 1.82. The fraction of sp³-hybridized carbons (Fsp3) is 0.421. The van der Waals surface area contributed by atoms with Crippen molar-refractivity contribution in [2.45, 2.75) is 13.3 Å². The minimum Gasteiger partial charge on any atom is -0.304 e. The van der Waals surface area contributed by atoms with Crippen molar-refractivity contribution in [3.63, 3.8) is 0 Å². The number of aromatic nitrogens is 4. The molecule has 3 aromatic rings. The Morgan fingerprint density at radius 1 is 1.07 bits per heavy atom. The lowest BCUT2D eigenvalue weighted by atomic mass is 10.1. The molecule has 4 rings (SSSR count). The van der Waals surface area contributed by atoms with Gasteiger partial charge >= 0.3 is 0 Å². The van der Waals surface area contributed by atoms with Crippen LogP contribution in [0.5, 0.6) is 0 Å². The lowest BCUT2D eigenvalue weighted by molar-refractivity contribution is -0.120. The smallest absolute Gasteiger partial charge is 0.166 e. The van der Waals surface area contributed by atoms with Gasteiger partial charge < -0.3 is 4.90 Å². The van der Waals surface area contributed by atoms with Gasteiger partial charge in [-0.3, -0.25) is 19.7 Å². The molecule has 0 saturated carbocycles. The van der Waals surface area contributed by atoms with Crippen LogP contribution in [-0.4, -0.2) is 75.5 Å². The molecule has 8 heteroatoms. The molecule has 4 heterocycles. The van der Waals surface area contributed by atoms with Gasteiger partial charge in [-0.25, -0.2) is 0 Å². The Bertz CT molecular complexity index is 964. The number of pyridine rings is 2. The number of likely N-dealkylation sites (N-methyl/N-ethyl adjacent to an activating group) is 1. The van der Waals surface area contributed by atoms with E-state index >= 15 is 0 Å². The number of nitrogens with zero attached hydrogens (tertiary/aromatic N) is 6. The van der Waals surface area contributed by atoms with E-state index in [1.165, 1.54) is 11.3 Å². The monoisotopic (exact) mass is 382 g/mol. The zero-order valence-electron chi connectivity index (χ0n) is 15.6. The van der Waals surface area contributed by atoms with E-state index in [0.717, 1.165) is 58.4 Å². The first-order valence-electron chi connectivity index (χ1n) is 9.04. The summed E-state index contributed by atoms with van der Waals surface area (Å²) in [5, 5.41) is 11.9. The fourth-order valence-corrected chi connectivity index (χ4v) is 3.87. The van der Waals surface area contributed by atoms with E-state index in [1.807, 2.05) is 19.1 Å². The normalized spacial score (nSPS) is 16.1. The summed E-state index contributed by atoms with van der Waals surface area (Å²) >= 11 is 1.52. The third kappa shape index (κ3) is 4.35. The van der Waals surface area contributed by atoms with Crippen molar-refractivity contribution in [2.75, 3.05) is 39.8 Å². The maximum Gasteiger partial charge on any atom is 0.166 e. The Morgan fingerprint density at radius 2 is 1.85 bits per heavy atom. The molecule has 0 aromatic carbocycles. The Morgan fingerprint density at radius 3 is 2.59 bits per heavy atom. The van der Waals surface area contributed by atoms with Gasteiger partial charge in [0.1, 0.15) is 10.7 Å². The number of rotatable bonds is 5. The lowest BCUT2D eigenvalue weighted by Gasteiger charge is -2.31. The maximum absolute atomic E-state index is 12.5. The second kappa shape index (κ2) is 7.75. The molecule has 1 saturated heterocycles. The van der Waals surface area contributed by atoms with E-state index in [4.69, 9.17) is 0 Å². The van der Waals surface area contributed by atoms with Crippen molar-refractivity contribution in [3.05, 3.63) is 35.2 Å². The van der Waals surface area contributed by atoms with Crippen LogP contribution < -0.4 is 0 Å². The van der Waals surface area contributed by atoms with Gasteiger partial charge in [0.15, 0.2) is 10.8 Å². The standard InChI is InChI=1S/C19H22N6OS/c1-13-22-23-19(27-13)18-8-14-7-16(20-10-15(14)11-21-18)9-17(26)12-25-5-3-24(2)4-6-25/h7-8,10-11H,3-6,9,12H2,1-2H3. The Labute approximate surface area is 162 Å². The summed E-state index contributed by atoms with van der Waals surface area (Å²) in [6, 6.07) is 3.97. The highest BCUT2D eigenvalue weighted by molar-refractivity contribution is 7.14. The molecule has 0 radical (unpaired) electrons. The minimum atomic E-state index is 0.209. The molecule has 3 aromatic heterocycles. The zero-order chi connectivity index (χ0) is 18.8. The Balaban J connectivity index is 1.48. The van der Waals surface area contributed by atoms with Crippen LogP contribution in [0, 0.1) is 6.92 Å². The zero-order valence-corrected chi connectivity index (χ0v) is 16.4. The van der Waals surface area contributed by atoms with E-state index < -0.39 is 0 Å². The van der Waals surface area contributed by atoms with Crippen LogP contribution >= 0.6 is 11.3 Å². The van der Waals surface area contributed by atoms with Crippen molar-refractivity contribution in [2.24, 2.45) is 0 Å². The number of fused-ring (bicyclic) bond motifs is 1. The van der Waals surface area contributed by atoms with E-state index in [0.29, 0.717) is 13.0 Å². The van der Waals surface area contributed by atoms with Gasteiger partial charge in [-0.05, 0) is 31.5 Å². The maximum atomic E-state index is 12.5. The number of piperazine rings is 1. The summed E-state index contributed by atoms with van der Waals surface area (Å²) in [5.41, 5.74) is 1.60. The van der Waals surface area contributed by atoms with Crippen LogP contribution in [0.25, 0.3) is 21.5 Å². The first-order chi connectivity index (χ1) is 13.1. The Kier molecular flexibility index (Phi) is 5.20. The molecule has 140 valence electrons. The molecule has 0 spiro atoms. The third-order valence-corrected chi connectivity index (χ3v) is 5.64. The first-order valence-corrected chi connectivity index (χ1v) is 9.86. The summed E-state index contributed by atoms with van der Waals surface area (Å²) in [5.74, 6) is 0.209. The average molecular weight is 382 g/mol. The van der Waals surface area contributed by atoms with Crippen molar-refractivity contribution in [1.29, 1.82) is 0 Å². The second-order valence-electron chi connectivity index (χ2n) is 7.01. The average Bonchev–Trinajstić information content (AvgIpc) is 3.09. The number of aryl methyl sites for hydroxylation is 1. The number of ketones is 1. The molecule has 0 bridgehead atoms. The fourth-order valence-electron chi connectivity index (χ4n) is 3.21. The summed E-state index contributed by atoms with van der Waals surface area (Å²) in [7, 11) is 2.12. The third-order valence-electron chi connectivity index (χ3n) is 4.78. The molecule has 0 aliphatic carbocycles. The van der Waals surface area contributed by atoms with Crippen molar-refractivity contribution in [1.82, 2.24) is 30.0 Å². The highest BCUT2D eigenvalue weighted by Crippen LogP contribution is 2.24. The van der Waals surface area contributed by atoms with Gasteiger partial charge in [-0.15, -0.1) is 10.2 Å². The molecular weight excluding hydrogens is 360 g/mol. The summed E-state index contributed by atoms with van der Waals surface area (Å²) in [4.78, 5) is 25.9. The van der Waals surface area contributed by atoms with Gasteiger partial charge in [-0.2, -0.15) is 0 Å². The lowest BCUT2D eigenvalue weighted by Crippen LogP contribution is -2.46. The Hall–Kier alpha value is -2.29. The summed E-state index contributed by atoms with van der Waals surface area (Å²) in [6.07, 6.45) is 3.94. The van der Waals surface area contributed by atoms with Crippen LogP contribution in [-0.2, 0) is 11.2 Å². The van der Waals surface area contributed by atoms with E-state index in [2.05, 4.69) is 37.0 Å². The van der Waals surface area contributed by atoms with Crippen LogP contribution in [0.4, 0.5) is 0 Å². The van der Waals surface area contributed by atoms with Crippen molar-refractivity contribution >= 4 is 27.9 Å². The van der Waals surface area contributed by atoms with E-state index in [1.54, 1.807) is 12.4 Å². The molecule has 0 unspecified atom stereocenters. The van der Waals surface area contributed by atoms with Crippen molar-refractivity contribution < 1.29 is 4.79 Å². The first kappa shape index (κ1) is 18.1. The number of carbonyl (C=O) groups excluding carboxylic acids is 1. The summed E-state index contributed by atoms with van der Waals surface area (Å²) in [6.45, 7) is 6.35. The van der Waals surface area contributed by atoms with Crippen LogP contribution in [0.1, 0.15) is 10.7 Å². The second-order valence-corrected chi connectivity index (χ2v) is 8.20. The van der Waals surface area contributed by atoms with Crippen molar-refractivity contribution in [3.8, 4) is 10.7 Å². The van der Waals surface area contributed by atoms with Crippen LogP contribution in [0.3, 0.4) is 0 Å². The molecule has 1 aliphatic rings. The molecule has 27 heavy (non-hydrogen) atoms. The molecular formula is C19H22N6OS. The van der Waals surface area contributed by atoms with Gasteiger partial charge in [-0.1, -0.05) is 11.3 Å². The highest BCUT2D eigenvalue weighted by atomic mass is 32.1. The predicted molar refractivity (Wildman–Crippen MR) is 106 cm³/mol. The quantitative estimate of drug-likeness (QED) is 0.666. The van der Waals surface area contributed by atoms with Gasteiger partial charge in [0, 0.05) is 49.7 Å². The minimum absolute atomic E-state index is 0.209. The van der Waals surface area contributed by atoms with Gasteiger partial charge in [0.05, 0.1) is 13.0 Å². The molecule has 1 fully saturated rings. The highest BCUT2D eigenvalue weighted by Gasteiger charge is 2.17. The summed E-state index contributed by atoms with van der Waals surface area (Å²) < 4.78 is 0. The van der Waals surface area contributed by atoms with Gasteiger partial charge in [0.2, 0.25) is 0 Å². The number of hydrogen-bond donors (Lipinski definition) is 0. The molecule has 0 atom stereocenters. The number of hydrogen-bond acceptors (Lipinski definition) is 8. The molecule has 7 nitrogen and oxygen atoms in total. The molecule has 0 N–H and O–H groups in total. The van der Waals surface area contributed by atoms with E-state index in [-0.39, 0.29) is 5.78 Å². The largest absolute Gasteiger partial charge is 0.304 e. The number of carbonyl (C=O) groups is 1.